The first-order valence-electron chi connectivity index (χ1n) is 4.35. The van der Waals surface area contributed by atoms with Crippen molar-refractivity contribution in [2.24, 2.45) is 0 Å². The van der Waals surface area contributed by atoms with Crippen LogP contribution in [0.5, 0.6) is 0 Å². The summed E-state index contributed by atoms with van der Waals surface area (Å²) in [5.41, 5.74) is 0.463. The number of benzene rings is 1. The van der Waals surface area contributed by atoms with E-state index in [1.807, 2.05) is 0 Å². The van der Waals surface area contributed by atoms with E-state index in [9.17, 15) is 8.78 Å². The van der Waals surface area contributed by atoms with Gasteiger partial charge in [-0.1, -0.05) is 12.1 Å². The van der Waals surface area contributed by atoms with Crippen LogP contribution in [0, 0.1) is 0 Å². The van der Waals surface area contributed by atoms with Crippen molar-refractivity contribution in [3.63, 3.8) is 0 Å². The Labute approximate surface area is 84.0 Å². The maximum absolute atomic E-state index is 12.6. The van der Waals surface area contributed by atoms with Crippen LogP contribution in [0.25, 0.3) is 10.9 Å². The van der Waals surface area contributed by atoms with Crippen LogP contribution in [0.1, 0.15) is 24.0 Å². The quantitative estimate of drug-likeness (QED) is 0.669. The molecule has 1 heterocycles. The Morgan fingerprint density at radius 3 is 2.53 bits per heavy atom. The van der Waals surface area contributed by atoms with Crippen molar-refractivity contribution in [3.05, 3.63) is 35.5 Å². The Balaban J connectivity index is 2.64. The molecule has 2 rings (SSSR count). The molecule has 0 fully saturated rings. The average molecular weight is 213 g/mol. The van der Waals surface area contributed by atoms with Crippen LogP contribution in [0.3, 0.4) is 0 Å². The molecular weight excluding hydrogens is 204 g/mol. The zero-order valence-electron chi connectivity index (χ0n) is 7.61. The van der Waals surface area contributed by atoms with Gasteiger partial charge >= 0.3 is 0 Å². The summed E-state index contributed by atoms with van der Waals surface area (Å²) in [5, 5.41) is 18.1. The first kappa shape index (κ1) is 10.1. The molecule has 2 aromatic rings. The summed E-state index contributed by atoms with van der Waals surface area (Å²) in [4.78, 5) is 2.66. The Morgan fingerprint density at radius 1 is 1.20 bits per heavy atom. The number of alkyl halides is 2. The molecule has 0 radical (unpaired) electrons. The van der Waals surface area contributed by atoms with E-state index >= 15 is 0 Å². The predicted molar refractivity (Wildman–Crippen MR) is 50.4 cm³/mol. The number of H-pyrrole nitrogens is 1. The standard InChI is InChI=1S/C10H9F2NO2/c11-9(12)5-2-1-3-7-6(5)4-8(13-7)10(14)15/h1-4,9-10,13-15H. The summed E-state index contributed by atoms with van der Waals surface area (Å²) in [7, 11) is 0. The van der Waals surface area contributed by atoms with Crippen molar-refractivity contribution in [2.45, 2.75) is 12.7 Å². The molecule has 5 heteroatoms. The summed E-state index contributed by atoms with van der Waals surface area (Å²) in [5.74, 6) is 0. The number of aliphatic hydroxyl groups excluding tert-OH is 1. The van der Waals surface area contributed by atoms with Gasteiger partial charge in [-0.05, 0) is 12.1 Å². The molecule has 0 unspecified atom stereocenters. The Kier molecular flexibility index (Phi) is 2.42. The van der Waals surface area contributed by atoms with Crippen LogP contribution in [0.2, 0.25) is 0 Å². The minimum Gasteiger partial charge on any atom is -0.363 e. The fraction of sp³-hybridized carbons (Fsp3) is 0.200. The maximum Gasteiger partial charge on any atom is 0.264 e. The van der Waals surface area contributed by atoms with Gasteiger partial charge in [-0.3, -0.25) is 0 Å². The van der Waals surface area contributed by atoms with Gasteiger partial charge in [0, 0.05) is 16.5 Å². The molecule has 3 N–H and O–H groups in total. The molecule has 0 aliphatic carbocycles. The molecule has 0 bridgehead atoms. The zero-order chi connectivity index (χ0) is 11.0. The van der Waals surface area contributed by atoms with Gasteiger partial charge < -0.3 is 15.2 Å². The third-order valence-electron chi connectivity index (χ3n) is 2.23. The van der Waals surface area contributed by atoms with Crippen LogP contribution in [-0.4, -0.2) is 15.2 Å². The highest BCUT2D eigenvalue weighted by molar-refractivity contribution is 5.84. The first-order chi connectivity index (χ1) is 7.09. The van der Waals surface area contributed by atoms with E-state index in [4.69, 9.17) is 10.2 Å². The van der Waals surface area contributed by atoms with Crippen molar-refractivity contribution in [3.8, 4) is 0 Å². The normalized spacial score (nSPS) is 11.9. The second-order valence-electron chi connectivity index (χ2n) is 3.21. The van der Waals surface area contributed by atoms with Crippen molar-refractivity contribution in [1.82, 2.24) is 4.98 Å². The first-order valence-corrected chi connectivity index (χ1v) is 4.35. The number of nitrogens with one attached hydrogen (secondary N) is 1. The number of rotatable bonds is 2. The minimum atomic E-state index is -2.58. The van der Waals surface area contributed by atoms with Crippen LogP contribution in [-0.2, 0) is 0 Å². The van der Waals surface area contributed by atoms with E-state index in [1.54, 1.807) is 6.07 Å². The molecule has 0 saturated carbocycles. The average Bonchev–Trinajstić information content (AvgIpc) is 2.60. The lowest BCUT2D eigenvalue weighted by molar-refractivity contribution is -0.0453. The van der Waals surface area contributed by atoms with Gasteiger partial charge in [0.05, 0.1) is 5.69 Å². The number of hydrogen-bond donors (Lipinski definition) is 3. The SMILES string of the molecule is OC(O)c1cc2c(C(F)F)cccc2[nH]1. The third-order valence-corrected chi connectivity index (χ3v) is 2.23. The molecule has 1 aromatic heterocycles. The van der Waals surface area contributed by atoms with E-state index in [0.29, 0.717) is 10.9 Å². The summed E-state index contributed by atoms with van der Waals surface area (Å²) >= 11 is 0. The van der Waals surface area contributed by atoms with E-state index in [-0.39, 0.29) is 11.3 Å². The fourth-order valence-corrected chi connectivity index (χ4v) is 1.53. The Bertz CT molecular complexity index is 479. The topological polar surface area (TPSA) is 56.2 Å². The molecule has 0 spiro atoms. The number of aliphatic hydroxyl groups is 2. The van der Waals surface area contributed by atoms with Gasteiger partial charge in [0.1, 0.15) is 0 Å². The van der Waals surface area contributed by atoms with Crippen molar-refractivity contribution < 1.29 is 19.0 Å². The van der Waals surface area contributed by atoms with E-state index in [0.717, 1.165) is 0 Å². The second kappa shape index (κ2) is 3.60. The molecule has 1 aromatic carbocycles. The maximum atomic E-state index is 12.6. The Hall–Kier alpha value is -1.46. The van der Waals surface area contributed by atoms with Crippen molar-refractivity contribution in [2.75, 3.05) is 0 Å². The lowest BCUT2D eigenvalue weighted by atomic mass is 10.1. The molecule has 0 atom stereocenters. The minimum absolute atomic E-state index is 0.109. The number of hydrogen-bond acceptors (Lipinski definition) is 2. The number of fused-ring (bicyclic) bond motifs is 1. The second-order valence-corrected chi connectivity index (χ2v) is 3.21. The molecule has 15 heavy (non-hydrogen) atoms. The van der Waals surface area contributed by atoms with Crippen LogP contribution < -0.4 is 0 Å². The van der Waals surface area contributed by atoms with Crippen LogP contribution in [0.15, 0.2) is 24.3 Å². The molecule has 80 valence electrons. The van der Waals surface area contributed by atoms with Crippen LogP contribution in [0.4, 0.5) is 8.78 Å². The Morgan fingerprint density at radius 2 is 1.93 bits per heavy atom. The molecule has 0 aliphatic heterocycles. The van der Waals surface area contributed by atoms with Crippen LogP contribution >= 0.6 is 0 Å². The zero-order valence-corrected chi connectivity index (χ0v) is 7.61. The lowest BCUT2D eigenvalue weighted by Gasteiger charge is -1.99. The summed E-state index contributed by atoms with van der Waals surface area (Å²) in [6.45, 7) is 0. The van der Waals surface area contributed by atoms with Gasteiger partial charge in [0.25, 0.3) is 6.43 Å². The predicted octanol–water partition coefficient (Wildman–Crippen LogP) is 2.09. The highest BCUT2D eigenvalue weighted by Crippen LogP contribution is 2.29. The number of halogens is 2. The molecule has 0 amide bonds. The summed E-state index contributed by atoms with van der Waals surface area (Å²) < 4.78 is 25.1. The number of aromatic amines is 1. The molecule has 0 saturated heterocycles. The smallest absolute Gasteiger partial charge is 0.264 e. The molecule has 3 nitrogen and oxygen atoms in total. The monoisotopic (exact) mass is 213 g/mol. The van der Waals surface area contributed by atoms with E-state index in [2.05, 4.69) is 4.98 Å². The van der Waals surface area contributed by atoms with Crippen molar-refractivity contribution in [1.29, 1.82) is 0 Å². The lowest BCUT2D eigenvalue weighted by Crippen LogP contribution is -1.93. The van der Waals surface area contributed by atoms with Gasteiger partial charge in [0.2, 0.25) is 0 Å². The largest absolute Gasteiger partial charge is 0.363 e. The number of aromatic nitrogens is 1. The van der Waals surface area contributed by atoms with Gasteiger partial charge in [0.15, 0.2) is 6.29 Å². The fourth-order valence-electron chi connectivity index (χ4n) is 1.53. The van der Waals surface area contributed by atoms with Crippen molar-refractivity contribution >= 4 is 10.9 Å². The highest BCUT2D eigenvalue weighted by Gasteiger charge is 2.14. The van der Waals surface area contributed by atoms with Gasteiger partial charge in [-0.25, -0.2) is 8.78 Å². The van der Waals surface area contributed by atoms with Gasteiger partial charge in [-0.15, -0.1) is 0 Å². The molecule has 0 aliphatic rings. The summed E-state index contributed by atoms with van der Waals surface area (Å²) in [6.07, 6.45) is -4.25. The van der Waals surface area contributed by atoms with E-state index < -0.39 is 12.7 Å². The third kappa shape index (κ3) is 1.71. The summed E-state index contributed by atoms with van der Waals surface area (Å²) in [6, 6.07) is 5.73. The highest BCUT2D eigenvalue weighted by atomic mass is 19.3. The van der Waals surface area contributed by atoms with E-state index in [1.165, 1.54) is 18.2 Å². The van der Waals surface area contributed by atoms with Gasteiger partial charge in [-0.2, -0.15) is 0 Å². The molecular formula is C10H9F2NO2.